The molecule has 1 aromatic heterocycles. The molecule has 106 valence electrons. The van der Waals surface area contributed by atoms with Gasteiger partial charge in [-0.2, -0.15) is 0 Å². The Kier molecular flexibility index (Phi) is 2.86. The van der Waals surface area contributed by atoms with Crippen molar-refractivity contribution >= 4 is 8.07 Å². The van der Waals surface area contributed by atoms with Crippen LogP contribution in [0.5, 0.6) is 0 Å². The van der Waals surface area contributed by atoms with Gasteiger partial charge >= 0.3 is 11.4 Å². The van der Waals surface area contributed by atoms with Crippen molar-refractivity contribution in [3.63, 3.8) is 0 Å². The van der Waals surface area contributed by atoms with E-state index >= 15 is 0 Å². The summed E-state index contributed by atoms with van der Waals surface area (Å²) in [5.41, 5.74) is 0.652. The minimum atomic E-state index is -1.36. The van der Waals surface area contributed by atoms with Crippen molar-refractivity contribution in [2.24, 2.45) is 0 Å². The number of para-hydroxylation sites is 1. The summed E-state index contributed by atoms with van der Waals surface area (Å²) < 4.78 is 4.48. The van der Waals surface area contributed by atoms with Crippen LogP contribution in [0.1, 0.15) is 0 Å². The number of hydrogen-bond acceptors (Lipinski definition) is 2. The molecule has 0 saturated heterocycles. The van der Waals surface area contributed by atoms with E-state index in [4.69, 9.17) is 0 Å². The lowest BCUT2D eigenvalue weighted by atomic mass is 10.3. The molecule has 0 fully saturated rings. The highest BCUT2D eigenvalue weighted by Gasteiger charge is 2.35. The molecule has 0 saturated carbocycles. The standard InChI is InChI=1S/C14H19N3O2Si/c1-20(2,3)12-9-15-13(18)17(14(19)16(15)10-12)11-7-5-4-6-8-11/h4-8,12H,9-10H2,1-3H3. The zero-order valence-electron chi connectivity index (χ0n) is 12.0. The molecular formula is C14H19N3O2Si. The van der Waals surface area contributed by atoms with Crippen LogP contribution in [0.3, 0.4) is 0 Å². The van der Waals surface area contributed by atoms with E-state index in [0.29, 0.717) is 24.3 Å². The van der Waals surface area contributed by atoms with Gasteiger partial charge in [0.05, 0.1) is 13.8 Å². The van der Waals surface area contributed by atoms with E-state index in [0.717, 1.165) is 0 Å². The lowest BCUT2D eigenvalue weighted by Gasteiger charge is -2.22. The molecule has 2 aromatic rings. The number of aromatic nitrogens is 3. The van der Waals surface area contributed by atoms with Crippen LogP contribution < -0.4 is 11.4 Å². The van der Waals surface area contributed by atoms with E-state index in [1.807, 2.05) is 18.2 Å². The van der Waals surface area contributed by atoms with Gasteiger partial charge in [-0.25, -0.2) is 23.5 Å². The van der Waals surface area contributed by atoms with E-state index in [1.54, 1.807) is 21.5 Å². The second kappa shape index (κ2) is 4.34. The Morgan fingerprint density at radius 1 is 0.950 bits per heavy atom. The quantitative estimate of drug-likeness (QED) is 0.787. The van der Waals surface area contributed by atoms with Gasteiger partial charge in [0.1, 0.15) is 0 Å². The molecule has 5 nitrogen and oxygen atoms in total. The fraction of sp³-hybridized carbons (Fsp3) is 0.429. The third kappa shape index (κ3) is 1.91. The average Bonchev–Trinajstić information content (AvgIpc) is 2.92. The van der Waals surface area contributed by atoms with Crippen molar-refractivity contribution in [2.45, 2.75) is 38.3 Å². The first-order valence-electron chi connectivity index (χ1n) is 6.87. The van der Waals surface area contributed by atoms with Crippen molar-refractivity contribution in [2.75, 3.05) is 0 Å². The summed E-state index contributed by atoms with van der Waals surface area (Å²) in [6, 6.07) is 9.11. The van der Waals surface area contributed by atoms with E-state index in [-0.39, 0.29) is 11.4 Å². The van der Waals surface area contributed by atoms with Gasteiger partial charge in [-0.15, -0.1) is 0 Å². The average molecular weight is 289 g/mol. The largest absolute Gasteiger partial charge is 0.351 e. The molecule has 1 aliphatic rings. The number of benzene rings is 1. The molecular weight excluding hydrogens is 270 g/mol. The maximum atomic E-state index is 12.5. The van der Waals surface area contributed by atoms with Crippen LogP contribution in [-0.4, -0.2) is 22.0 Å². The minimum Gasteiger partial charge on any atom is -0.246 e. The van der Waals surface area contributed by atoms with E-state index in [2.05, 4.69) is 19.6 Å². The Morgan fingerprint density at radius 2 is 1.45 bits per heavy atom. The molecule has 1 aromatic carbocycles. The van der Waals surface area contributed by atoms with Crippen molar-refractivity contribution in [3.05, 3.63) is 51.3 Å². The molecule has 0 amide bonds. The highest BCUT2D eigenvalue weighted by atomic mass is 28.3. The van der Waals surface area contributed by atoms with Gasteiger partial charge in [0.15, 0.2) is 0 Å². The maximum absolute atomic E-state index is 12.5. The van der Waals surface area contributed by atoms with Gasteiger partial charge in [-0.3, -0.25) is 0 Å². The van der Waals surface area contributed by atoms with Crippen molar-refractivity contribution in [1.82, 2.24) is 13.9 Å². The molecule has 1 aliphatic heterocycles. The van der Waals surface area contributed by atoms with Crippen molar-refractivity contribution < 1.29 is 0 Å². The predicted molar refractivity (Wildman–Crippen MR) is 81.4 cm³/mol. The SMILES string of the molecule is C[Si](C)(C)C1Cn2c(=O)n(-c3ccccc3)c(=O)n2C1. The second-order valence-electron chi connectivity index (χ2n) is 6.46. The first kappa shape index (κ1) is 13.2. The number of hydrogen-bond donors (Lipinski definition) is 0. The third-order valence-electron chi connectivity index (χ3n) is 4.14. The molecule has 0 radical (unpaired) electrons. The Hall–Kier alpha value is -1.82. The zero-order chi connectivity index (χ0) is 14.5. The highest BCUT2D eigenvalue weighted by molar-refractivity contribution is 6.77. The molecule has 0 spiro atoms. The summed E-state index contributed by atoms with van der Waals surface area (Å²) >= 11 is 0. The van der Waals surface area contributed by atoms with Gasteiger partial charge in [0, 0.05) is 13.1 Å². The lowest BCUT2D eigenvalue weighted by Crippen LogP contribution is -2.34. The molecule has 20 heavy (non-hydrogen) atoms. The van der Waals surface area contributed by atoms with Crippen molar-refractivity contribution in [1.29, 1.82) is 0 Å². The molecule has 0 atom stereocenters. The summed E-state index contributed by atoms with van der Waals surface area (Å²) in [6.07, 6.45) is 0. The Balaban J connectivity index is 2.10. The Morgan fingerprint density at radius 3 is 1.90 bits per heavy atom. The molecule has 6 heteroatoms. The predicted octanol–water partition coefficient (Wildman–Crippen LogP) is 1.52. The summed E-state index contributed by atoms with van der Waals surface area (Å²) in [5, 5.41) is 0. The smallest absolute Gasteiger partial charge is 0.246 e. The third-order valence-corrected chi connectivity index (χ3v) is 6.96. The Bertz CT molecular complexity index is 712. The van der Waals surface area contributed by atoms with Crippen LogP contribution in [-0.2, 0) is 13.1 Å². The summed E-state index contributed by atoms with van der Waals surface area (Å²) in [7, 11) is -1.36. The fourth-order valence-corrected chi connectivity index (χ4v) is 4.13. The number of nitrogens with zero attached hydrogens (tertiary/aromatic N) is 3. The van der Waals surface area contributed by atoms with Crippen LogP contribution in [0.2, 0.25) is 25.2 Å². The van der Waals surface area contributed by atoms with Gasteiger partial charge in [0.2, 0.25) is 0 Å². The molecule has 0 bridgehead atoms. The van der Waals surface area contributed by atoms with Crippen molar-refractivity contribution in [3.8, 4) is 5.69 Å². The Labute approximate surface area is 118 Å². The van der Waals surface area contributed by atoms with Crippen LogP contribution in [0, 0.1) is 0 Å². The van der Waals surface area contributed by atoms with Crippen LogP contribution in [0.4, 0.5) is 0 Å². The molecule has 3 rings (SSSR count). The van der Waals surface area contributed by atoms with Crippen LogP contribution in [0.15, 0.2) is 39.9 Å². The number of rotatable bonds is 2. The first-order chi connectivity index (χ1) is 9.39. The normalized spacial score (nSPS) is 15.6. The molecule has 2 heterocycles. The monoisotopic (exact) mass is 289 g/mol. The zero-order valence-corrected chi connectivity index (χ0v) is 13.0. The topological polar surface area (TPSA) is 48.9 Å². The van der Waals surface area contributed by atoms with E-state index in [1.165, 1.54) is 4.57 Å². The van der Waals surface area contributed by atoms with Crippen LogP contribution >= 0.6 is 0 Å². The number of fused-ring (bicyclic) bond motifs is 1. The van der Waals surface area contributed by atoms with Gasteiger partial charge in [0.25, 0.3) is 0 Å². The second-order valence-corrected chi connectivity index (χ2v) is 12.0. The summed E-state index contributed by atoms with van der Waals surface area (Å²) in [4.78, 5) is 25.0. The lowest BCUT2D eigenvalue weighted by molar-refractivity contribution is 0.580. The first-order valence-corrected chi connectivity index (χ1v) is 10.5. The van der Waals surface area contributed by atoms with E-state index < -0.39 is 8.07 Å². The van der Waals surface area contributed by atoms with Gasteiger partial charge in [-0.1, -0.05) is 37.8 Å². The summed E-state index contributed by atoms with van der Waals surface area (Å²) in [5.74, 6) is 0. The maximum Gasteiger partial charge on any atom is 0.351 e. The van der Waals surface area contributed by atoms with E-state index in [9.17, 15) is 9.59 Å². The highest BCUT2D eigenvalue weighted by Crippen LogP contribution is 2.28. The molecule has 0 unspecified atom stereocenters. The van der Waals surface area contributed by atoms with Gasteiger partial charge in [-0.05, 0) is 17.7 Å². The molecule has 0 aliphatic carbocycles. The molecule has 0 N–H and O–H groups in total. The minimum absolute atomic E-state index is 0.220. The fourth-order valence-electron chi connectivity index (χ4n) is 2.69. The summed E-state index contributed by atoms with van der Waals surface area (Å²) in [6.45, 7) is 8.19. The van der Waals surface area contributed by atoms with Crippen LogP contribution in [0.25, 0.3) is 5.69 Å². The van der Waals surface area contributed by atoms with Gasteiger partial charge < -0.3 is 0 Å².